The highest BCUT2D eigenvalue weighted by atomic mass is 35.5. The molecule has 1 aliphatic heterocycles. The third kappa shape index (κ3) is 2.37. The highest BCUT2D eigenvalue weighted by Crippen LogP contribution is 2.68. The van der Waals surface area contributed by atoms with E-state index in [0.717, 1.165) is 38.0 Å². The Hall–Kier alpha value is -1.07. The van der Waals surface area contributed by atoms with Gasteiger partial charge in [-0.3, -0.25) is 9.89 Å². The highest BCUT2D eigenvalue weighted by molar-refractivity contribution is 5.86. The van der Waals surface area contributed by atoms with Crippen molar-refractivity contribution >= 4 is 18.3 Å². The van der Waals surface area contributed by atoms with Crippen molar-refractivity contribution in [3.8, 4) is 0 Å². The van der Waals surface area contributed by atoms with E-state index >= 15 is 0 Å². The van der Waals surface area contributed by atoms with E-state index in [1.54, 1.807) is 6.20 Å². The molecule has 19 heavy (non-hydrogen) atoms. The van der Waals surface area contributed by atoms with E-state index in [1.165, 1.54) is 0 Å². The molecular weight excluding hydrogens is 264 g/mol. The molecule has 2 fully saturated rings. The van der Waals surface area contributed by atoms with Gasteiger partial charge < -0.3 is 10.6 Å². The van der Waals surface area contributed by atoms with E-state index in [2.05, 4.69) is 27.8 Å². The van der Waals surface area contributed by atoms with Crippen LogP contribution in [0.4, 0.5) is 0 Å². The van der Waals surface area contributed by atoms with Crippen molar-refractivity contribution in [1.29, 1.82) is 0 Å². The molecule has 1 spiro atoms. The van der Waals surface area contributed by atoms with E-state index in [-0.39, 0.29) is 29.1 Å². The third-order valence-electron chi connectivity index (χ3n) is 4.80. The Labute approximate surface area is 119 Å². The topological polar surface area (TPSA) is 69.8 Å². The largest absolute Gasteiger partial charge is 0.350 e. The molecular formula is C13H21ClN4O. The lowest BCUT2D eigenvalue weighted by atomic mass is 9.85. The van der Waals surface area contributed by atoms with Crippen LogP contribution in [0.5, 0.6) is 0 Å². The highest BCUT2D eigenvalue weighted by Gasteiger charge is 2.67. The first-order chi connectivity index (χ1) is 8.66. The average Bonchev–Trinajstić information content (AvgIpc) is 2.80. The fraction of sp³-hybridized carbons (Fsp3) is 0.692. The maximum absolute atomic E-state index is 12.3. The van der Waals surface area contributed by atoms with Gasteiger partial charge in [0.25, 0.3) is 0 Å². The summed E-state index contributed by atoms with van der Waals surface area (Å²) in [5.74, 6) is 0.194. The van der Waals surface area contributed by atoms with Crippen molar-refractivity contribution in [1.82, 2.24) is 20.8 Å². The Morgan fingerprint density at radius 3 is 2.84 bits per heavy atom. The minimum Gasteiger partial charge on any atom is -0.350 e. The van der Waals surface area contributed by atoms with Gasteiger partial charge >= 0.3 is 0 Å². The quantitative estimate of drug-likeness (QED) is 0.782. The predicted molar refractivity (Wildman–Crippen MR) is 74.9 cm³/mol. The van der Waals surface area contributed by atoms with Crippen LogP contribution in [0.1, 0.15) is 31.9 Å². The molecule has 0 bridgehead atoms. The summed E-state index contributed by atoms with van der Waals surface area (Å²) in [6.45, 7) is 4.75. The molecule has 1 saturated heterocycles. The number of amides is 1. The SMILES string of the molecule is CC1(C(=O)NCc2ccn[nH]2)CC12CCNCC2.Cl. The van der Waals surface area contributed by atoms with Crippen molar-refractivity contribution in [2.75, 3.05) is 13.1 Å². The van der Waals surface area contributed by atoms with Crippen LogP contribution in [0, 0.1) is 10.8 Å². The van der Waals surface area contributed by atoms with Gasteiger partial charge in [-0.1, -0.05) is 6.92 Å². The standard InChI is InChI=1S/C13H20N4O.ClH/c1-12(9-13(12)3-6-14-7-4-13)11(18)15-8-10-2-5-16-17-10;/h2,5,14H,3-4,6-9H2,1H3,(H,15,18)(H,16,17);1H. The second-order valence-electron chi connectivity index (χ2n) is 5.80. The lowest BCUT2D eigenvalue weighted by Gasteiger charge is -2.27. The summed E-state index contributed by atoms with van der Waals surface area (Å²) in [5, 5.41) is 13.1. The number of piperidine rings is 1. The molecule has 0 aromatic carbocycles. The van der Waals surface area contributed by atoms with Gasteiger partial charge in [0.2, 0.25) is 5.91 Å². The molecule has 106 valence electrons. The summed E-state index contributed by atoms with van der Waals surface area (Å²) >= 11 is 0. The van der Waals surface area contributed by atoms with E-state index in [1.807, 2.05) is 6.07 Å². The van der Waals surface area contributed by atoms with Gasteiger partial charge in [0, 0.05) is 6.20 Å². The summed E-state index contributed by atoms with van der Waals surface area (Å²) < 4.78 is 0. The zero-order valence-corrected chi connectivity index (χ0v) is 12.0. The monoisotopic (exact) mass is 284 g/mol. The Kier molecular flexibility index (Phi) is 3.87. The molecule has 2 heterocycles. The molecule has 1 aromatic heterocycles. The van der Waals surface area contributed by atoms with Crippen LogP contribution in [-0.2, 0) is 11.3 Å². The van der Waals surface area contributed by atoms with Crippen molar-refractivity contribution < 1.29 is 4.79 Å². The smallest absolute Gasteiger partial charge is 0.226 e. The van der Waals surface area contributed by atoms with Gasteiger partial charge in [-0.15, -0.1) is 12.4 Å². The van der Waals surface area contributed by atoms with Crippen LogP contribution < -0.4 is 10.6 Å². The van der Waals surface area contributed by atoms with Crippen molar-refractivity contribution in [3.63, 3.8) is 0 Å². The molecule has 5 nitrogen and oxygen atoms in total. The number of carbonyl (C=O) groups is 1. The van der Waals surface area contributed by atoms with E-state index in [4.69, 9.17) is 0 Å². The normalized spacial score (nSPS) is 27.6. The van der Waals surface area contributed by atoms with Crippen LogP contribution in [0.25, 0.3) is 0 Å². The number of nitrogens with zero attached hydrogens (tertiary/aromatic N) is 1. The number of aromatic nitrogens is 2. The van der Waals surface area contributed by atoms with E-state index in [0.29, 0.717) is 6.54 Å². The Morgan fingerprint density at radius 2 is 2.21 bits per heavy atom. The zero-order valence-electron chi connectivity index (χ0n) is 11.2. The van der Waals surface area contributed by atoms with Crippen molar-refractivity contribution in [3.05, 3.63) is 18.0 Å². The van der Waals surface area contributed by atoms with Gasteiger partial charge in [-0.05, 0) is 43.8 Å². The fourth-order valence-corrected chi connectivity index (χ4v) is 3.34. The number of H-pyrrole nitrogens is 1. The maximum Gasteiger partial charge on any atom is 0.226 e. The summed E-state index contributed by atoms with van der Waals surface area (Å²) in [5.41, 5.74) is 1.05. The molecule has 1 unspecified atom stereocenters. The van der Waals surface area contributed by atoms with Gasteiger partial charge in [0.15, 0.2) is 0 Å². The van der Waals surface area contributed by atoms with E-state index < -0.39 is 0 Å². The number of nitrogens with one attached hydrogen (secondary N) is 3. The van der Waals surface area contributed by atoms with Gasteiger partial charge in [-0.2, -0.15) is 5.10 Å². The number of carbonyl (C=O) groups excluding carboxylic acids is 1. The Balaban J connectivity index is 0.00000133. The average molecular weight is 285 g/mol. The van der Waals surface area contributed by atoms with Crippen LogP contribution in [0.15, 0.2) is 12.3 Å². The molecule has 1 atom stereocenters. The lowest BCUT2D eigenvalue weighted by molar-refractivity contribution is -0.127. The number of halogens is 1. The van der Waals surface area contributed by atoms with Crippen LogP contribution in [0.3, 0.4) is 0 Å². The Bertz CT molecular complexity index is 442. The molecule has 2 aliphatic rings. The summed E-state index contributed by atoms with van der Waals surface area (Å²) in [7, 11) is 0. The van der Waals surface area contributed by atoms with Crippen LogP contribution in [-0.4, -0.2) is 29.2 Å². The lowest BCUT2D eigenvalue weighted by Crippen LogP contribution is -2.38. The first-order valence-corrected chi connectivity index (χ1v) is 6.64. The minimum atomic E-state index is -0.158. The van der Waals surface area contributed by atoms with E-state index in [9.17, 15) is 4.79 Å². The second kappa shape index (κ2) is 5.13. The molecule has 1 aliphatic carbocycles. The molecule has 0 radical (unpaired) electrons. The molecule has 1 aromatic rings. The first-order valence-electron chi connectivity index (χ1n) is 6.64. The maximum atomic E-state index is 12.3. The number of hydrogen-bond acceptors (Lipinski definition) is 3. The van der Waals surface area contributed by atoms with Crippen molar-refractivity contribution in [2.45, 2.75) is 32.7 Å². The zero-order chi connectivity index (χ0) is 12.6. The minimum absolute atomic E-state index is 0. The number of hydrogen-bond donors (Lipinski definition) is 3. The summed E-state index contributed by atoms with van der Waals surface area (Å²) in [6.07, 6.45) is 4.99. The third-order valence-corrected chi connectivity index (χ3v) is 4.80. The number of aromatic amines is 1. The molecule has 6 heteroatoms. The van der Waals surface area contributed by atoms with Gasteiger partial charge in [0.05, 0.1) is 17.7 Å². The predicted octanol–water partition coefficient (Wildman–Crippen LogP) is 1.23. The Morgan fingerprint density at radius 1 is 1.47 bits per heavy atom. The van der Waals surface area contributed by atoms with Crippen LogP contribution in [0.2, 0.25) is 0 Å². The summed E-state index contributed by atoms with van der Waals surface area (Å²) in [4.78, 5) is 12.3. The molecule has 3 N–H and O–H groups in total. The van der Waals surface area contributed by atoms with Gasteiger partial charge in [0.1, 0.15) is 0 Å². The first kappa shape index (κ1) is 14.3. The number of rotatable bonds is 3. The molecule has 3 rings (SSSR count). The molecule has 1 amide bonds. The molecule has 1 saturated carbocycles. The van der Waals surface area contributed by atoms with Crippen molar-refractivity contribution in [2.24, 2.45) is 10.8 Å². The summed E-state index contributed by atoms with van der Waals surface area (Å²) in [6, 6.07) is 1.88. The van der Waals surface area contributed by atoms with Gasteiger partial charge in [-0.25, -0.2) is 0 Å². The van der Waals surface area contributed by atoms with Crippen LogP contribution >= 0.6 is 12.4 Å². The second-order valence-corrected chi connectivity index (χ2v) is 5.80. The fourth-order valence-electron chi connectivity index (χ4n) is 3.34.